The summed E-state index contributed by atoms with van der Waals surface area (Å²) in [5, 5.41) is 0. The Balaban J connectivity index is 1.91. The molecule has 0 radical (unpaired) electrons. The van der Waals surface area contributed by atoms with Crippen LogP contribution in [0.5, 0.6) is 0 Å². The minimum atomic E-state index is -0.585. The molecule has 0 aliphatic carbocycles. The van der Waals surface area contributed by atoms with Crippen molar-refractivity contribution < 1.29 is 28.5 Å². The molecule has 1 amide bonds. The van der Waals surface area contributed by atoms with Gasteiger partial charge < -0.3 is 23.8 Å². The SMILES string of the molecule is COC(=O)CCN(CC1CCCO1)C(=O)C1COCCO1. The number of amides is 1. The number of nitrogens with zero attached hydrogens (tertiary/aromatic N) is 1. The van der Waals surface area contributed by atoms with Crippen LogP contribution in [0.25, 0.3) is 0 Å². The summed E-state index contributed by atoms with van der Waals surface area (Å²) >= 11 is 0. The first kappa shape index (κ1) is 16.2. The second kappa shape index (κ2) is 8.31. The summed E-state index contributed by atoms with van der Waals surface area (Å²) in [5.74, 6) is -0.477. The average molecular weight is 301 g/mol. The van der Waals surface area contributed by atoms with Crippen molar-refractivity contribution in [3.63, 3.8) is 0 Å². The van der Waals surface area contributed by atoms with Crippen molar-refractivity contribution in [2.45, 2.75) is 31.5 Å². The third kappa shape index (κ3) is 4.94. The van der Waals surface area contributed by atoms with Crippen molar-refractivity contribution >= 4 is 11.9 Å². The van der Waals surface area contributed by atoms with Crippen LogP contribution in [0.2, 0.25) is 0 Å². The van der Waals surface area contributed by atoms with Crippen molar-refractivity contribution in [3.05, 3.63) is 0 Å². The summed E-state index contributed by atoms with van der Waals surface area (Å²) in [4.78, 5) is 25.4. The van der Waals surface area contributed by atoms with Crippen LogP contribution in [-0.2, 0) is 28.5 Å². The number of rotatable bonds is 6. The molecule has 2 saturated heterocycles. The molecule has 0 spiro atoms. The molecule has 2 aliphatic rings. The molecule has 2 heterocycles. The van der Waals surface area contributed by atoms with E-state index in [9.17, 15) is 9.59 Å². The normalized spacial score (nSPS) is 25.6. The highest BCUT2D eigenvalue weighted by atomic mass is 16.6. The first-order chi connectivity index (χ1) is 10.2. The molecule has 120 valence electrons. The molecule has 0 aromatic carbocycles. The van der Waals surface area contributed by atoms with Gasteiger partial charge in [0.05, 0.1) is 39.5 Å². The maximum Gasteiger partial charge on any atom is 0.307 e. The van der Waals surface area contributed by atoms with Gasteiger partial charge in [0.25, 0.3) is 5.91 Å². The number of carbonyl (C=O) groups is 2. The lowest BCUT2D eigenvalue weighted by atomic mass is 10.2. The van der Waals surface area contributed by atoms with E-state index in [1.54, 1.807) is 4.90 Å². The minimum absolute atomic E-state index is 0.0381. The molecular weight excluding hydrogens is 278 g/mol. The van der Waals surface area contributed by atoms with Gasteiger partial charge >= 0.3 is 5.97 Å². The fraction of sp³-hybridized carbons (Fsp3) is 0.857. The zero-order chi connectivity index (χ0) is 15.1. The van der Waals surface area contributed by atoms with E-state index in [2.05, 4.69) is 4.74 Å². The predicted octanol–water partition coefficient (Wildman–Crippen LogP) is -0.0275. The summed E-state index contributed by atoms with van der Waals surface area (Å²) < 4.78 is 20.9. The fourth-order valence-corrected chi connectivity index (χ4v) is 2.49. The summed E-state index contributed by atoms with van der Waals surface area (Å²) in [6, 6.07) is 0. The standard InChI is InChI=1S/C14H23NO6/c1-18-13(16)4-5-15(9-11-3-2-6-20-11)14(17)12-10-19-7-8-21-12/h11-12H,2-10H2,1H3. The maximum absolute atomic E-state index is 12.5. The quantitative estimate of drug-likeness (QED) is 0.642. The van der Waals surface area contributed by atoms with Gasteiger partial charge in [0.1, 0.15) is 0 Å². The number of hydrogen-bond donors (Lipinski definition) is 0. The Morgan fingerprint density at radius 1 is 1.24 bits per heavy atom. The largest absolute Gasteiger partial charge is 0.469 e. The lowest BCUT2D eigenvalue weighted by Crippen LogP contribution is -2.48. The Bertz CT molecular complexity index is 349. The Morgan fingerprint density at radius 3 is 2.71 bits per heavy atom. The van der Waals surface area contributed by atoms with Crippen LogP contribution in [-0.4, -0.2) is 75.6 Å². The molecule has 0 saturated carbocycles. The number of esters is 1. The first-order valence-corrected chi connectivity index (χ1v) is 7.37. The lowest BCUT2D eigenvalue weighted by molar-refractivity contribution is -0.160. The van der Waals surface area contributed by atoms with Crippen molar-refractivity contribution in [2.75, 3.05) is 46.6 Å². The molecule has 7 heteroatoms. The maximum atomic E-state index is 12.5. The molecule has 2 aliphatic heterocycles. The van der Waals surface area contributed by atoms with Gasteiger partial charge in [-0.05, 0) is 12.8 Å². The summed E-state index contributed by atoms with van der Waals surface area (Å²) in [7, 11) is 1.34. The van der Waals surface area contributed by atoms with Gasteiger partial charge in [-0.15, -0.1) is 0 Å². The smallest absolute Gasteiger partial charge is 0.307 e. The van der Waals surface area contributed by atoms with Crippen LogP contribution in [0.3, 0.4) is 0 Å². The number of carbonyl (C=O) groups excluding carboxylic acids is 2. The Hall–Kier alpha value is -1.18. The summed E-state index contributed by atoms with van der Waals surface area (Å²) in [5.41, 5.74) is 0. The minimum Gasteiger partial charge on any atom is -0.469 e. The van der Waals surface area contributed by atoms with E-state index in [0.29, 0.717) is 26.3 Å². The molecule has 2 atom stereocenters. The van der Waals surface area contributed by atoms with Gasteiger partial charge in [-0.3, -0.25) is 9.59 Å². The molecule has 0 aromatic heterocycles. The second-order valence-corrected chi connectivity index (χ2v) is 5.18. The molecule has 0 bridgehead atoms. The van der Waals surface area contributed by atoms with Gasteiger partial charge in [0.2, 0.25) is 0 Å². The number of methoxy groups -OCH3 is 1. The summed E-state index contributed by atoms with van der Waals surface area (Å²) in [6.45, 7) is 2.71. The molecule has 2 rings (SSSR count). The highest BCUT2D eigenvalue weighted by molar-refractivity contribution is 5.81. The van der Waals surface area contributed by atoms with Crippen molar-refractivity contribution in [1.29, 1.82) is 0 Å². The van der Waals surface area contributed by atoms with E-state index in [1.165, 1.54) is 7.11 Å². The predicted molar refractivity (Wildman–Crippen MR) is 72.7 cm³/mol. The Labute approximate surface area is 124 Å². The van der Waals surface area contributed by atoms with Crippen LogP contribution in [0, 0.1) is 0 Å². The first-order valence-electron chi connectivity index (χ1n) is 7.37. The molecule has 0 N–H and O–H groups in total. The van der Waals surface area contributed by atoms with Crippen LogP contribution in [0.1, 0.15) is 19.3 Å². The monoisotopic (exact) mass is 301 g/mol. The zero-order valence-corrected chi connectivity index (χ0v) is 12.4. The molecule has 21 heavy (non-hydrogen) atoms. The van der Waals surface area contributed by atoms with Gasteiger partial charge in [-0.1, -0.05) is 0 Å². The highest BCUT2D eigenvalue weighted by Gasteiger charge is 2.30. The summed E-state index contributed by atoms with van der Waals surface area (Å²) in [6.07, 6.45) is 1.56. The number of ether oxygens (including phenoxy) is 4. The van der Waals surface area contributed by atoms with Gasteiger partial charge in [0.15, 0.2) is 6.10 Å². The van der Waals surface area contributed by atoms with Gasteiger partial charge in [-0.25, -0.2) is 0 Å². The fourth-order valence-electron chi connectivity index (χ4n) is 2.49. The number of hydrogen-bond acceptors (Lipinski definition) is 6. The van der Waals surface area contributed by atoms with E-state index in [0.717, 1.165) is 19.4 Å². The molecule has 2 fully saturated rings. The third-order valence-electron chi connectivity index (χ3n) is 3.66. The van der Waals surface area contributed by atoms with E-state index < -0.39 is 6.10 Å². The van der Waals surface area contributed by atoms with Crippen molar-refractivity contribution in [1.82, 2.24) is 4.90 Å². The van der Waals surface area contributed by atoms with Crippen LogP contribution in [0.4, 0.5) is 0 Å². The average Bonchev–Trinajstić information content (AvgIpc) is 3.04. The molecular formula is C14H23NO6. The van der Waals surface area contributed by atoms with Gasteiger partial charge in [-0.2, -0.15) is 0 Å². The third-order valence-corrected chi connectivity index (χ3v) is 3.66. The Morgan fingerprint density at radius 2 is 2.10 bits per heavy atom. The van der Waals surface area contributed by atoms with E-state index in [4.69, 9.17) is 14.2 Å². The zero-order valence-electron chi connectivity index (χ0n) is 12.4. The second-order valence-electron chi connectivity index (χ2n) is 5.18. The topological polar surface area (TPSA) is 74.3 Å². The van der Waals surface area contributed by atoms with Crippen molar-refractivity contribution in [3.8, 4) is 0 Å². The molecule has 0 aromatic rings. The van der Waals surface area contributed by atoms with E-state index >= 15 is 0 Å². The highest BCUT2D eigenvalue weighted by Crippen LogP contribution is 2.15. The Kier molecular flexibility index (Phi) is 6.41. The van der Waals surface area contributed by atoms with Crippen LogP contribution < -0.4 is 0 Å². The molecule has 2 unspecified atom stereocenters. The van der Waals surface area contributed by atoms with Crippen LogP contribution in [0.15, 0.2) is 0 Å². The van der Waals surface area contributed by atoms with E-state index in [1.807, 2.05) is 0 Å². The lowest BCUT2D eigenvalue weighted by Gasteiger charge is -2.30. The van der Waals surface area contributed by atoms with Gasteiger partial charge in [0, 0.05) is 19.7 Å². The van der Waals surface area contributed by atoms with Crippen LogP contribution >= 0.6 is 0 Å². The van der Waals surface area contributed by atoms with E-state index in [-0.39, 0.29) is 31.0 Å². The van der Waals surface area contributed by atoms with Crippen molar-refractivity contribution in [2.24, 2.45) is 0 Å². The molecule has 7 nitrogen and oxygen atoms in total.